The van der Waals surface area contributed by atoms with Crippen LogP contribution < -0.4 is 4.74 Å². The van der Waals surface area contributed by atoms with Crippen molar-refractivity contribution in [2.24, 2.45) is 5.41 Å². The molecule has 0 aliphatic heterocycles. The van der Waals surface area contributed by atoms with Crippen LogP contribution in [0, 0.1) is 12.3 Å². The van der Waals surface area contributed by atoms with Crippen molar-refractivity contribution in [3.8, 4) is 5.75 Å². The Hall–Kier alpha value is -2.96. The Kier molecular flexibility index (Phi) is 5.22. The molecule has 3 aliphatic rings. The Morgan fingerprint density at radius 1 is 1.00 bits per heavy atom. The second kappa shape index (κ2) is 7.79. The van der Waals surface area contributed by atoms with E-state index in [0.717, 1.165) is 11.1 Å². The van der Waals surface area contributed by atoms with Gasteiger partial charge in [0.2, 0.25) is 0 Å². The summed E-state index contributed by atoms with van der Waals surface area (Å²) in [4.78, 5) is 13.6. The predicted molar refractivity (Wildman–Crippen MR) is 128 cm³/mol. The third-order valence-electron chi connectivity index (χ3n) is 7.50. The van der Waals surface area contributed by atoms with E-state index >= 15 is 0 Å². The summed E-state index contributed by atoms with van der Waals surface area (Å²) in [5, 5.41) is 0. The topological polar surface area (TPSA) is 83.5 Å². The number of hydrogen-bond donors (Lipinski definition) is 0. The van der Waals surface area contributed by atoms with Gasteiger partial charge in [0, 0.05) is 11.8 Å². The van der Waals surface area contributed by atoms with Crippen molar-refractivity contribution in [1.82, 2.24) is 0 Å². The summed E-state index contributed by atoms with van der Waals surface area (Å²) in [7, 11) is -4.64. The number of carbonyl (C=O) groups excluding carboxylic acids is 1. The molecule has 34 heavy (non-hydrogen) atoms. The maximum Gasteiger partial charge on any atom is 0.318 e. The molecule has 0 fully saturated rings. The summed E-state index contributed by atoms with van der Waals surface area (Å²) in [5.41, 5.74) is 4.85. The van der Waals surface area contributed by atoms with Crippen LogP contribution in [0.15, 0.2) is 65.6 Å². The summed E-state index contributed by atoms with van der Waals surface area (Å²) in [6, 6.07) is 19.5. The van der Waals surface area contributed by atoms with Crippen LogP contribution in [0.3, 0.4) is 0 Å². The lowest BCUT2D eigenvalue weighted by Crippen LogP contribution is -2.46. The Balaban J connectivity index is 1.58. The highest BCUT2D eigenvalue weighted by Crippen LogP contribution is 2.61. The number of hydrogen-bond acceptors (Lipinski definition) is 5. The monoisotopic (exact) mass is 475 g/mol. The molecule has 5 nitrogen and oxygen atoms in total. The van der Waals surface area contributed by atoms with E-state index in [1.165, 1.54) is 23.3 Å². The smallest absolute Gasteiger partial charge is 0.318 e. The van der Waals surface area contributed by atoms with Gasteiger partial charge in [0.15, 0.2) is 0 Å². The second-order valence-electron chi connectivity index (χ2n) is 10.0. The Morgan fingerprint density at radius 3 is 2.03 bits per heavy atom. The zero-order valence-electron chi connectivity index (χ0n) is 19.7. The van der Waals surface area contributed by atoms with Crippen LogP contribution in [0.1, 0.15) is 78.3 Å². The lowest BCUT2D eigenvalue weighted by Gasteiger charge is -2.50. The fraction of sp³-hybridized carbons (Fsp3) is 0.321. The van der Waals surface area contributed by atoms with E-state index in [4.69, 9.17) is 4.74 Å². The molecule has 0 aromatic heterocycles. The molecule has 1 unspecified atom stereocenters. The summed E-state index contributed by atoms with van der Waals surface area (Å²) < 4.78 is 41.4. The van der Waals surface area contributed by atoms with Crippen LogP contribution >= 0.6 is 0 Å². The van der Waals surface area contributed by atoms with Crippen molar-refractivity contribution in [1.29, 1.82) is 0 Å². The maximum absolute atomic E-state index is 13.8. The molecule has 3 aromatic carbocycles. The van der Waals surface area contributed by atoms with Crippen LogP contribution in [0.25, 0.3) is 0 Å². The van der Waals surface area contributed by atoms with Crippen LogP contribution in [-0.2, 0) is 14.9 Å². The lowest BCUT2D eigenvalue weighted by atomic mass is 9.53. The molecule has 3 aromatic rings. The minimum atomic E-state index is -4.64. The van der Waals surface area contributed by atoms with Gasteiger partial charge in [0.1, 0.15) is 15.9 Å². The molecule has 6 heteroatoms. The van der Waals surface area contributed by atoms with Gasteiger partial charge in [-0.1, -0.05) is 62.4 Å². The van der Waals surface area contributed by atoms with Crippen molar-refractivity contribution >= 4 is 16.1 Å². The third kappa shape index (κ3) is 3.39. The fourth-order valence-corrected chi connectivity index (χ4v) is 6.74. The van der Waals surface area contributed by atoms with Crippen LogP contribution in [-0.4, -0.2) is 18.9 Å². The molecule has 6 rings (SSSR count). The Labute approximate surface area is 200 Å². The average Bonchev–Trinajstić information content (AvgIpc) is 2.79. The van der Waals surface area contributed by atoms with Crippen molar-refractivity contribution in [2.75, 3.05) is 0 Å². The molecule has 2 bridgehead atoms. The van der Waals surface area contributed by atoms with E-state index < -0.39 is 15.5 Å². The quantitative estimate of drug-likeness (QED) is 0.278. The highest BCUT2D eigenvalue weighted by Gasteiger charge is 2.55. The molecule has 0 saturated carbocycles. The summed E-state index contributed by atoms with van der Waals surface area (Å²) in [5.74, 6) is -0.303. The number of ether oxygens (including phenoxy) is 1. The number of fused-ring (bicyclic) bond motifs is 1. The van der Waals surface area contributed by atoms with E-state index in [0.29, 0.717) is 23.3 Å². The van der Waals surface area contributed by atoms with Crippen molar-refractivity contribution in [3.63, 3.8) is 0 Å². The molecule has 1 atom stereocenters. The average molecular weight is 476 g/mol. The SMILES string of the molecule is Cc1cc(S(=O)(=O)[O-])c(C(C)C)cc1OC(=O)C1(C)CC2c3ccccc3C1c1ccccc12. The van der Waals surface area contributed by atoms with Crippen molar-refractivity contribution in [3.05, 3.63) is 94.0 Å². The Bertz CT molecular complexity index is 1370. The van der Waals surface area contributed by atoms with Gasteiger partial charge < -0.3 is 9.29 Å². The first-order chi connectivity index (χ1) is 16.0. The number of esters is 1. The van der Waals surface area contributed by atoms with Gasteiger partial charge in [-0.15, -0.1) is 0 Å². The molecule has 0 saturated heterocycles. The minimum absolute atomic E-state index is 0.107. The number of aryl methyl sites for hydroxylation is 1. The molecule has 3 aliphatic carbocycles. The zero-order chi connectivity index (χ0) is 24.4. The maximum atomic E-state index is 13.8. The van der Waals surface area contributed by atoms with Gasteiger partial charge >= 0.3 is 5.97 Å². The van der Waals surface area contributed by atoms with E-state index in [1.807, 2.05) is 31.2 Å². The number of benzene rings is 3. The molecule has 0 spiro atoms. The van der Waals surface area contributed by atoms with E-state index in [2.05, 4.69) is 24.3 Å². The summed E-state index contributed by atoms with van der Waals surface area (Å²) >= 11 is 0. The molecule has 0 radical (unpaired) electrons. The van der Waals surface area contributed by atoms with Crippen LogP contribution in [0.2, 0.25) is 0 Å². The molecule has 0 amide bonds. The van der Waals surface area contributed by atoms with Crippen molar-refractivity contribution in [2.45, 2.75) is 56.8 Å². The second-order valence-corrected chi connectivity index (χ2v) is 11.4. The first-order valence-electron chi connectivity index (χ1n) is 11.5. The molecular weight excluding hydrogens is 448 g/mol. The minimum Gasteiger partial charge on any atom is -0.744 e. The van der Waals surface area contributed by atoms with Gasteiger partial charge in [-0.25, -0.2) is 8.42 Å². The zero-order valence-corrected chi connectivity index (χ0v) is 20.5. The van der Waals surface area contributed by atoms with Crippen molar-refractivity contribution < 1.29 is 22.5 Å². The Morgan fingerprint density at radius 2 is 1.53 bits per heavy atom. The van der Waals surface area contributed by atoms with Gasteiger partial charge in [0.25, 0.3) is 0 Å². The highest BCUT2D eigenvalue weighted by atomic mass is 32.2. The van der Waals surface area contributed by atoms with Gasteiger partial charge in [-0.3, -0.25) is 4.79 Å². The first kappa shape index (κ1) is 22.8. The van der Waals surface area contributed by atoms with Crippen LogP contribution in [0.5, 0.6) is 5.75 Å². The molecule has 0 N–H and O–H groups in total. The highest BCUT2D eigenvalue weighted by molar-refractivity contribution is 7.85. The standard InChI is InChI=1S/C28H28O5S/c1-16(2)22-14-24(17(3)13-25(22)34(30,31)32)33-27(29)28(4)15-23-18-9-5-7-11-20(18)26(28)21-12-8-6-10-19(21)23/h5-14,16,23,26H,15H2,1-4H3,(H,30,31,32)/p-1. The van der Waals surface area contributed by atoms with E-state index in [1.54, 1.807) is 20.8 Å². The predicted octanol–water partition coefficient (Wildman–Crippen LogP) is 5.62. The lowest BCUT2D eigenvalue weighted by molar-refractivity contribution is -0.147. The van der Waals surface area contributed by atoms with Crippen LogP contribution in [0.4, 0.5) is 0 Å². The van der Waals surface area contributed by atoms with Gasteiger partial charge in [-0.2, -0.15) is 0 Å². The largest absolute Gasteiger partial charge is 0.744 e. The van der Waals surface area contributed by atoms with E-state index in [9.17, 15) is 17.8 Å². The first-order valence-corrected chi connectivity index (χ1v) is 12.9. The van der Waals surface area contributed by atoms with Gasteiger partial charge in [0.05, 0.1) is 10.3 Å². The molecular formula is C28H27O5S-. The normalized spacial score (nSPS) is 22.9. The van der Waals surface area contributed by atoms with E-state index in [-0.39, 0.29) is 28.6 Å². The molecule has 176 valence electrons. The number of rotatable bonds is 4. The molecule has 0 heterocycles. The number of carbonyl (C=O) groups is 1. The van der Waals surface area contributed by atoms with Gasteiger partial charge in [-0.05, 0) is 71.7 Å². The summed E-state index contributed by atoms with van der Waals surface area (Å²) in [6.07, 6.45) is 0.633. The third-order valence-corrected chi connectivity index (χ3v) is 8.39. The summed E-state index contributed by atoms with van der Waals surface area (Å²) in [6.45, 7) is 7.23. The fourth-order valence-electron chi connectivity index (χ4n) is 5.84.